The first-order chi connectivity index (χ1) is 10.2. The summed E-state index contributed by atoms with van der Waals surface area (Å²) in [5.74, 6) is -0.301. The van der Waals surface area contributed by atoms with Crippen LogP contribution in [0.25, 0.3) is 0 Å². The Morgan fingerprint density at radius 3 is 2.62 bits per heavy atom. The van der Waals surface area contributed by atoms with Crippen LogP contribution in [0.2, 0.25) is 0 Å². The van der Waals surface area contributed by atoms with E-state index in [1.54, 1.807) is 23.2 Å². The van der Waals surface area contributed by atoms with E-state index >= 15 is 0 Å². The summed E-state index contributed by atoms with van der Waals surface area (Å²) in [4.78, 5) is 18.4. The van der Waals surface area contributed by atoms with Gasteiger partial charge in [-0.1, -0.05) is 12.8 Å². The van der Waals surface area contributed by atoms with Gasteiger partial charge in [0.1, 0.15) is 5.82 Å². The number of benzene rings is 1. The highest BCUT2D eigenvalue weighted by Gasteiger charge is 2.28. The summed E-state index contributed by atoms with van der Waals surface area (Å²) in [6, 6.07) is 6.02. The van der Waals surface area contributed by atoms with E-state index in [0.717, 1.165) is 31.4 Å². The SMILES string of the molecule is O=C(Nc1nccs1)N(c1ccc(F)cc1)C1CCCC1. The van der Waals surface area contributed by atoms with Gasteiger partial charge >= 0.3 is 6.03 Å². The van der Waals surface area contributed by atoms with Crippen LogP contribution >= 0.6 is 11.3 Å². The van der Waals surface area contributed by atoms with Crippen molar-refractivity contribution in [3.63, 3.8) is 0 Å². The maximum absolute atomic E-state index is 13.1. The molecule has 0 aliphatic heterocycles. The molecule has 1 aromatic heterocycles. The average molecular weight is 305 g/mol. The molecule has 1 aliphatic carbocycles. The number of hydrogen-bond acceptors (Lipinski definition) is 3. The van der Waals surface area contributed by atoms with Gasteiger partial charge in [-0.2, -0.15) is 0 Å². The molecule has 1 fully saturated rings. The number of rotatable bonds is 3. The maximum atomic E-state index is 13.1. The Balaban J connectivity index is 1.84. The van der Waals surface area contributed by atoms with Crippen LogP contribution in [0, 0.1) is 5.82 Å². The average Bonchev–Trinajstić information content (AvgIpc) is 3.15. The highest BCUT2D eigenvalue weighted by Crippen LogP contribution is 2.29. The van der Waals surface area contributed by atoms with Gasteiger partial charge < -0.3 is 0 Å². The Morgan fingerprint density at radius 1 is 1.29 bits per heavy atom. The molecule has 1 N–H and O–H groups in total. The minimum Gasteiger partial charge on any atom is -0.291 e. The van der Waals surface area contributed by atoms with E-state index in [4.69, 9.17) is 0 Å². The zero-order valence-electron chi connectivity index (χ0n) is 11.5. The van der Waals surface area contributed by atoms with E-state index in [1.807, 2.05) is 5.38 Å². The maximum Gasteiger partial charge on any atom is 0.328 e. The summed E-state index contributed by atoms with van der Waals surface area (Å²) < 4.78 is 13.1. The van der Waals surface area contributed by atoms with E-state index in [0.29, 0.717) is 5.13 Å². The van der Waals surface area contributed by atoms with E-state index in [2.05, 4.69) is 10.3 Å². The Morgan fingerprint density at radius 2 is 2.00 bits per heavy atom. The molecule has 4 nitrogen and oxygen atoms in total. The van der Waals surface area contributed by atoms with Gasteiger partial charge in [-0.25, -0.2) is 14.2 Å². The molecule has 110 valence electrons. The third-order valence-corrected chi connectivity index (χ3v) is 4.35. The van der Waals surface area contributed by atoms with Crippen LogP contribution in [-0.4, -0.2) is 17.1 Å². The van der Waals surface area contributed by atoms with Crippen molar-refractivity contribution in [1.82, 2.24) is 4.98 Å². The summed E-state index contributed by atoms with van der Waals surface area (Å²) in [6.45, 7) is 0. The minimum absolute atomic E-state index is 0.162. The van der Waals surface area contributed by atoms with Crippen molar-refractivity contribution in [2.24, 2.45) is 0 Å². The zero-order chi connectivity index (χ0) is 14.7. The Hall–Kier alpha value is -1.95. The van der Waals surface area contributed by atoms with Crippen molar-refractivity contribution < 1.29 is 9.18 Å². The monoisotopic (exact) mass is 305 g/mol. The smallest absolute Gasteiger partial charge is 0.291 e. The molecule has 1 heterocycles. The number of carbonyl (C=O) groups excluding carboxylic acids is 1. The van der Waals surface area contributed by atoms with Crippen LogP contribution in [0.5, 0.6) is 0 Å². The molecule has 0 atom stereocenters. The molecule has 2 aromatic rings. The fourth-order valence-electron chi connectivity index (χ4n) is 2.69. The first-order valence-corrected chi connectivity index (χ1v) is 7.87. The van der Waals surface area contributed by atoms with Gasteiger partial charge in [-0.05, 0) is 37.1 Å². The molecule has 2 amide bonds. The van der Waals surface area contributed by atoms with Crippen molar-refractivity contribution in [2.75, 3.05) is 10.2 Å². The van der Waals surface area contributed by atoms with Crippen LogP contribution < -0.4 is 10.2 Å². The van der Waals surface area contributed by atoms with E-state index < -0.39 is 0 Å². The molecule has 1 aromatic carbocycles. The number of amides is 2. The van der Waals surface area contributed by atoms with Crippen molar-refractivity contribution in [2.45, 2.75) is 31.7 Å². The van der Waals surface area contributed by atoms with Crippen LogP contribution in [0.4, 0.5) is 20.0 Å². The van der Waals surface area contributed by atoms with Gasteiger partial charge in [0.2, 0.25) is 0 Å². The third-order valence-electron chi connectivity index (χ3n) is 3.66. The standard InChI is InChI=1S/C15H16FN3OS/c16-11-5-7-13(8-6-11)19(12-3-1-2-4-12)15(20)18-14-17-9-10-21-14/h5-10,12H,1-4H2,(H,17,18,20). The lowest BCUT2D eigenvalue weighted by Crippen LogP contribution is -2.41. The minimum atomic E-state index is -0.301. The molecular weight excluding hydrogens is 289 g/mol. The van der Waals surface area contributed by atoms with E-state index in [-0.39, 0.29) is 17.9 Å². The summed E-state index contributed by atoms with van der Waals surface area (Å²) in [6.07, 6.45) is 5.84. The number of urea groups is 1. The topological polar surface area (TPSA) is 45.2 Å². The largest absolute Gasteiger partial charge is 0.328 e. The van der Waals surface area contributed by atoms with Gasteiger partial charge in [0, 0.05) is 23.3 Å². The summed E-state index contributed by atoms with van der Waals surface area (Å²) >= 11 is 1.38. The van der Waals surface area contributed by atoms with E-state index in [9.17, 15) is 9.18 Å². The first kappa shape index (κ1) is 14.0. The molecule has 0 unspecified atom stereocenters. The Kier molecular flexibility index (Phi) is 4.15. The Bertz CT molecular complexity index is 594. The quantitative estimate of drug-likeness (QED) is 0.920. The van der Waals surface area contributed by atoms with Crippen LogP contribution in [-0.2, 0) is 0 Å². The molecule has 21 heavy (non-hydrogen) atoms. The number of thiazole rings is 1. The molecule has 0 saturated heterocycles. The number of anilines is 2. The fraction of sp³-hybridized carbons (Fsp3) is 0.333. The van der Waals surface area contributed by atoms with E-state index in [1.165, 1.54) is 23.5 Å². The van der Waals surface area contributed by atoms with Gasteiger partial charge in [0.15, 0.2) is 5.13 Å². The van der Waals surface area contributed by atoms with Crippen molar-refractivity contribution >= 4 is 28.2 Å². The second-order valence-corrected chi connectivity index (χ2v) is 5.95. The highest BCUT2D eigenvalue weighted by atomic mass is 32.1. The Labute approximate surface area is 126 Å². The number of halogens is 1. The second-order valence-electron chi connectivity index (χ2n) is 5.05. The van der Waals surface area contributed by atoms with Crippen LogP contribution in [0.3, 0.4) is 0 Å². The molecule has 1 aliphatic rings. The number of aromatic nitrogens is 1. The molecule has 0 radical (unpaired) electrons. The lowest BCUT2D eigenvalue weighted by molar-refractivity contribution is 0.254. The van der Waals surface area contributed by atoms with Gasteiger partial charge in [0.25, 0.3) is 0 Å². The zero-order valence-corrected chi connectivity index (χ0v) is 12.3. The molecule has 1 saturated carbocycles. The number of carbonyl (C=O) groups is 1. The molecule has 0 bridgehead atoms. The van der Waals surface area contributed by atoms with Gasteiger partial charge in [-0.3, -0.25) is 10.2 Å². The third kappa shape index (κ3) is 3.21. The van der Waals surface area contributed by atoms with Gasteiger partial charge in [0.05, 0.1) is 0 Å². The predicted molar refractivity (Wildman–Crippen MR) is 82.3 cm³/mol. The number of hydrogen-bond donors (Lipinski definition) is 1. The first-order valence-electron chi connectivity index (χ1n) is 6.99. The number of nitrogens with zero attached hydrogens (tertiary/aromatic N) is 2. The number of nitrogens with one attached hydrogen (secondary N) is 1. The molecule has 0 spiro atoms. The highest BCUT2D eigenvalue weighted by molar-refractivity contribution is 7.13. The lowest BCUT2D eigenvalue weighted by Gasteiger charge is -2.28. The van der Waals surface area contributed by atoms with Gasteiger partial charge in [-0.15, -0.1) is 11.3 Å². The summed E-state index contributed by atoms with van der Waals surface area (Å²) in [5.41, 5.74) is 0.720. The lowest BCUT2D eigenvalue weighted by atomic mass is 10.2. The second kappa shape index (κ2) is 6.22. The summed E-state index contributed by atoms with van der Waals surface area (Å²) in [7, 11) is 0. The van der Waals surface area contributed by atoms with Crippen molar-refractivity contribution in [1.29, 1.82) is 0 Å². The normalized spacial score (nSPS) is 15.1. The molecule has 6 heteroatoms. The van der Waals surface area contributed by atoms with Crippen molar-refractivity contribution in [3.8, 4) is 0 Å². The molecule has 3 rings (SSSR count). The fourth-order valence-corrected chi connectivity index (χ4v) is 3.21. The summed E-state index contributed by atoms with van der Waals surface area (Å²) in [5, 5.41) is 5.20. The molecular formula is C15H16FN3OS. The van der Waals surface area contributed by atoms with Crippen LogP contribution in [0.1, 0.15) is 25.7 Å². The predicted octanol–water partition coefficient (Wildman–Crippen LogP) is 4.26. The van der Waals surface area contributed by atoms with Crippen LogP contribution in [0.15, 0.2) is 35.8 Å². The van der Waals surface area contributed by atoms with Crippen molar-refractivity contribution in [3.05, 3.63) is 41.7 Å².